The highest BCUT2D eigenvalue weighted by Crippen LogP contribution is 2.31. The number of aromatic nitrogens is 2. The molecule has 0 aliphatic carbocycles. The van der Waals surface area contributed by atoms with Crippen LogP contribution in [0, 0.1) is 5.82 Å². The maximum atomic E-state index is 14.5. The first-order chi connectivity index (χ1) is 12.6. The smallest absolute Gasteiger partial charge is 0.271 e. The lowest BCUT2D eigenvalue weighted by Crippen LogP contribution is -2.47. The second kappa shape index (κ2) is 8.53. The Morgan fingerprint density at radius 3 is 3.04 bits per heavy atom. The molecule has 26 heavy (non-hydrogen) atoms. The van der Waals surface area contributed by atoms with Crippen molar-refractivity contribution in [2.45, 2.75) is 19.1 Å². The van der Waals surface area contributed by atoms with Gasteiger partial charge >= 0.3 is 0 Å². The van der Waals surface area contributed by atoms with Crippen LogP contribution in [0.25, 0.3) is 0 Å². The summed E-state index contributed by atoms with van der Waals surface area (Å²) in [6.07, 6.45) is 4.35. The second-order valence-electron chi connectivity index (χ2n) is 6.13. The van der Waals surface area contributed by atoms with E-state index >= 15 is 0 Å². The average Bonchev–Trinajstić information content (AvgIpc) is 2.64. The lowest BCUT2D eigenvalue weighted by molar-refractivity contribution is -0.0346. The Morgan fingerprint density at radius 2 is 2.35 bits per heavy atom. The molecule has 2 unspecified atom stereocenters. The number of carbonyl (C=O) groups is 1. The second-order valence-corrected chi connectivity index (χ2v) is 6.54. The van der Waals surface area contributed by atoms with Crippen molar-refractivity contribution < 1.29 is 13.9 Å². The monoisotopic (exact) mass is 378 g/mol. The van der Waals surface area contributed by atoms with Gasteiger partial charge in [-0.1, -0.05) is 17.7 Å². The van der Waals surface area contributed by atoms with Crippen molar-refractivity contribution in [2.75, 3.05) is 26.2 Å². The lowest BCUT2D eigenvalue weighted by Gasteiger charge is -2.38. The van der Waals surface area contributed by atoms with E-state index in [-0.39, 0.29) is 24.2 Å². The molecular weight excluding hydrogens is 359 g/mol. The Balaban J connectivity index is 1.82. The molecule has 1 amide bonds. The van der Waals surface area contributed by atoms with Gasteiger partial charge in [0.25, 0.3) is 5.91 Å². The van der Waals surface area contributed by atoms with Gasteiger partial charge in [0.1, 0.15) is 11.5 Å². The van der Waals surface area contributed by atoms with Crippen molar-refractivity contribution in [3.05, 3.63) is 58.9 Å². The summed E-state index contributed by atoms with van der Waals surface area (Å²) in [4.78, 5) is 22.3. The largest absolute Gasteiger partial charge is 0.376 e. The number of halogens is 2. The Morgan fingerprint density at radius 1 is 1.50 bits per heavy atom. The Labute approximate surface area is 156 Å². The Bertz CT molecular complexity index is 742. The first-order valence-electron chi connectivity index (χ1n) is 8.40. The molecule has 8 heteroatoms. The van der Waals surface area contributed by atoms with Crippen molar-refractivity contribution in [1.29, 1.82) is 0 Å². The van der Waals surface area contributed by atoms with Gasteiger partial charge < -0.3 is 10.1 Å². The van der Waals surface area contributed by atoms with E-state index < -0.39 is 11.9 Å². The summed E-state index contributed by atoms with van der Waals surface area (Å²) < 4.78 is 20.1. The number of hydrogen-bond donors (Lipinski definition) is 1. The van der Waals surface area contributed by atoms with Crippen LogP contribution in [-0.4, -0.2) is 53.1 Å². The van der Waals surface area contributed by atoms with E-state index in [0.29, 0.717) is 30.3 Å². The quantitative estimate of drug-likeness (QED) is 0.865. The highest BCUT2D eigenvalue weighted by Gasteiger charge is 2.29. The fourth-order valence-electron chi connectivity index (χ4n) is 3.07. The molecule has 0 spiro atoms. The van der Waals surface area contributed by atoms with Gasteiger partial charge in [0.15, 0.2) is 0 Å². The number of amides is 1. The zero-order chi connectivity index (χ0) is 18.5. The number of hydrogen-bond acceptors (Lipinski definition) is 5. The van der Waals surface area contributed by atoms with E-state index in [0.717, 1.165) is 0 Å². The molecule has 0 radical (unpaired) electrons. The Kier molecular flexibility index (Phi) is 6.13. The fraction of sp³-hybridized carbons (Fsp3) is 0.389. The molecule has 0 bridgehead atoms. The zero-order valence-electron chi connectivity index (χ0n) is 14.4. The summed E-state index contributed by atoms with van der Waals surface area (Å²) in [6.45, 7) is 3.95. The molecular formula is C18H20ClFN4O2. The third-order valence-corrected chi connectivity index (χ3v) is 4.63. The number of nitrogens with one attached hydrogen (secondary N) is 1. The SMILES string of the molecule is CC1CN(C(CNC(=O)c2cnccn2)c2c(F)cccc2Cl)CCO1. The first kappa shape index (κ1) is 18.7. The summed E-state index contributed by atoms with van der Waals surface area (Å²) in [6, 6.07) is 4.19. The standard InChI is InChI=1S/C18H20ClFN4O2/c1-12-11-24(7-8-26-12)16(17-13(19)3-2-4-14(17)20)10-23-18(25)15-9-21-5-6-22-15/h2-6,9,12,16H,7-8,10-11H2,1H3,(H,23,25). The van der Waals surface area contributed by atoms with Crippen molar-refractivity contribution in [2.24, 2.45) is 0 Å². The van der Waals surface area contributed by atoms with E-state index in [1.807, 2.05) is 6.92 Å². The number of nitrogens with zero attached hydrogens (tertiary/aromatic N) is 3. The molecule has 1 aliphatic rings. The molecule has 2 aromatic rings. The maximum Gasteiger partial charge on any atom is 0.271 e. The number of ether oxygens (including phenoxy) is 1. The van der Waals surface area contributed by atoms with Crippen LogP contribution in [-0.2, 0) is 4.74 Å². The minimum absolute atomic E-state index is 0.0208. The molecule has 2 atom stereocenters. The summed E-state index contributed by atoms with van der Waals surface area (Å²) in [7, 11) is 0. The molecule has 1 aliphatic heterocycles. The van der Waals surface area contributed by atoms with Crippen LogP contribution >= 0.6 is 11.6 Å². The molecule has 0 saturated carbocycles. The van der Waals surface area contributed by atoms with E-state index in [1.54, 1.807) is 12.1 Å². The maximum absolute atomic E-state index is 14.5. The van der Waals surface area contributed by atoms with Gasteiger partial charge in [-0.2, -0.15) is 0 Å². The van der Waals surface area contributed by atoms with Crippen LogP contribution in [0.5, 0.6) is 0 Å². The molecule has 3 rings (SSSR count). The van der Waals surface area contributed by atoms with Crippen molar-refractivity contribution in [1.82, 2.24) is 20.2 Å². The average molecular weight is 379 g/mol. The van der Waals surface area contributed by atoms with Crippen molar-refractivity contribution >= 4 is 17.5 Å². The van der Waals surface area contributed by atoms with Crippen LogP contribution in [0.4, 0.5) is 4.39 Å². The summed E-state index contributed by atoms with van der Waals surface area (Å²) in [5.74, 6) is -0.757. The minimum Gasteiger partial charge on any atom is -0.376 e. The summed E-state index contributed by atoms with van der Waals surface area (Å²) >= 11 is 6.28. The molecule has 1 fully saturated rings. The van der Waals surface area contributed by atoms with Crippen LogP contribution in [0.15, 0.2) is 36.8 Å². The summed E-state index contributed by atoms with van der Waals surface area (Å²) in [5, 5.41) is 3.15. The van der Waals surface area contributed by atoms with Gasteiger partial charge in [-0.3, -0.25) is 14.7 Å². The predicted octanol–water partition coefficient (Wildman–Crippen LogP) is 2.46. The minimum atomic E-state index is -0.407. The third-order valence-electron chi connectivity index (χ3n) is 4.30. The molecule has 1 aromatic carbocycles. The number of carbonyl (C=O) groups excluding carboxylic acids is 1. The fourth-order valence-corrected chi connectivity index (χ4v) is 3.36. The number of morpholine rings is 1. The molecule has 1 N–H and O–H groups in total. The van der Waals surface area contributed by atoms with Crippen molar-refractivity contribution in [3.63, 3.8) is 0 Å². The Hall–Kier alpha value is -2.09. The third kappa shape index (κ3) is 4.35. The van der Waals surface area contributed by atoms with Gasteiger partial charge in [-0.05, 0) is 19.1 Å². The van der Waals surface area contributed by atoms with E-state index in [4.69, 9.17) is 16.3 Å². The van der Waals surface area contributed by atoms with Crippen LogP contribution in [0.3, 0.4) is 0 Å². The van der Waals surface area contributed by atoms with Crippen molar-refractivity contribution in [3.8, 4) is 0 Å². The summed E-state index contributed by atoms with van der Waals surface area (Å²) in [5.41, 5.74) is 0.587. The van der Waals surface area contributed by atoms with Gasteiger partial charge in [0.2, 0.25) is 0 Å². The zero-order valence-corrected chi connectivity index (χ0v) is 15.1. The van der Waals surface area contributed by atoms with E-state index in [1.165, 1.54) is 24.7 Å². The number of rotatable bonds is 5. The van der Waals surface area contributed by atoms with Gasteiger partial charge in [-0.15, -0.1) is 0 Å². The normalized spacial score (nSPS) is 19.1. The molecule has 6 nitrogen and oxygen atoms in total. The molecule has 2 heterocycles. The lowest BCUT2D eigenvalue weighted by atomic mass is 10.0. The van der Waals surface area contributed by atoms with Gasteiger partial charge in [0.05, 0.1) is 24.9 Å². The number of benzene rings is 1. The highest BCUT2D eigenvalue weighted by atomic mass is 35.5. The van der Waals surface area contributed by atoms with E-state index in [2.05, 4.69) is 20.2 Å². The van der Waals surface area contributed by atoms with Crippen LogP contribution in [0.1, 0.15) is 29.0 Å². The topological polar surface area (TPSA) is 67.4 Å². The molecule has 138 valence electrons. The molecule has 1 saturated heterocycles. The van der Waals surface area contributed by atoms with Gasteiger partial charge in [0, 0.05) is 42.6 Å². The highest BCUT2D eigenvalue weighted by molar-refractivity contribution is 6.31. The molecule has 1 aromatic heterocycles. The first-order valence-corrected chi connectivity index (χ1v) is 8.78. The van der Waals surface area contributed by atoms with E-state index in [9.17, 15) is 9.18 Å². The van der Waals surface area contributed by atoms with Crippen LogP contribution < -0.4 is 5.32 Å². The predicted molar refractivity (Wildman–Crippen MR) is 95.5 cm³/mol. The van der Waals surface area contributed by atoms with Gasteiger partial charge in [-0.25, -0.2) is 9.37 Å². The van der Waals surface area contributed by atoms with Crippen LogP contribution in [0.2, 0.25) is 5.02 Å².